The van der Waals surface area contributed by atoms with Gasteiger partial charge in [-0.05, 0) is 11.6 Å². The van der Waals surface area contributed by atoms with E-state index in [9.17, 15) is 22.4 Å². The van der Waals surface area contributed by atoms with Gasteiger partial charge in [-0.25, -0.2) is 8.78 Å². The summed E-state index contributed by atoms with van der Waals surface area (Å²) in [5.41, 5.74) is 0.131. The summed E-state index contributed by atoms with van der Waals surface area (Å²) < 4.78 is 53.5. The first-order chi connectivity index (χ1) is 11.0. The van der Waals surface area contributed by atoms with Crippen LogP contribution in [0.5, 0.6) is 0 Å². The molecule has 0 saturated heterocycles. The van der Waals surface area contributed by atoms with E-state index in [-0.39, 0.29) is 31.6 Å². The second-order valence-electron chi connectivity index (χ2n) is 5.13. The number of hydrogen-bond donors (Lipinski definition) is 0. The summed E-state index contributed by atoms with van der Waals surface area (Å²) in [4.78, 5) is 12.3. The average Bonchev–Trinajstić information content (AvgIpc) is 2.93. The number of carbonyl (C=O) groups is 1. The fourth-order valence-electron chi connectivity index (χ4n) is 2.53. The van der Waals surface area contributed by atoms with Crippen molar-refractivity contribution in [1.82, 2.24) is 19.7 Å². The third-order valence-electron chi connectivity index (χ3n) is 3.71. The molecule has 122 valence electrons. The molecule has 23 heavy (non-hydrogen) atoms. The molecule has 0 fully saturated rings. The van der Waals surface area contributed by atoms with Gasteiger partial charge in [-0.15, -0.1) is 10.2 Å². The van der Waals surface area contributed by atoms with Crippen molar-refractivity contribution in [3.05, 3.63) is 47.0 Å². The number of benzene rings is 1. The molecule has 5 nitrogen and oxygen atoms in total. The smallest absolute Gasteiger partial charge is 0.315 e. The maximum atomic E-state index is 13.7. The highest BCUT2D eigenvalue weighted by Gasteiger charge is 2.29. The molecule has 0 radical (unpaired) electrons. The largest absolute Gasteiger partial charge is 0.328 e. The zero-order valence-corrected chi connectivity index (χ0v) is 11.8. The van der Waals surface area contributed by atoms with Gasteiger partial charge < -0.3 is 9.47 Å². The average molecular weight is 328 g/mol. The molecule has 1 aliphatic rings. The van der Waals surface area contributed by atoms with E-state index in [2.05, 4.69) is 10.2 Å². The Kier molecular flexibility index (Phi) is 4.01. The Balaban J connectivity index is 1.81. The summed E-state index contributed by atoms with van der Waals surface area (Å²) in [6, 6.07) is 3.85. The third-order valence-corrected chi connectivity index (χ3v) is 3.71. The molecule has 3 rings (SSSR count). The number of alkyl halides is 2. The lowest BCUT2D eigenvalue weighted by atomic mass is 10.1. The lowest BCUT2D eigenvalue weighted by Gasteiger charge is -2.27. The summed E-state index contributed by atoms with van der Waals surface area (Å²) in [5, 5.41) is 7.76. The van der Waals surface area contributed by atoms with Gasteiger partial charge in [0.15, 0.2) is 17.5 Å². The van der Waals surface area contributed by atoms with Crippen LogP contribution in [0.2, 0.25) is 0 Å². The number of aromatic nitrogens is 3. The van der Waals surface area contributed by atoms with Crippen molar-refractivity contribution < 1.29 is 22.4 Å². The van der Waals surface area contributed by atoms with Crippen LogP contribution in [0.25, 0.3) is 0 Å². The van der Waals surface area contributed by atoms with Crippen LogP contribution in [0.1, 0.15) is 17.2 Å². The highest BCUT2D eigenvalue weighted by molar-refractivity contribution is 5.79. The van der Waals surface area contributed by atoms with Gasteiger partial charge in [0, 0.05) is 19.5 Å². The first-order valence-corrected chi connectivity index (χ1v) is 6.88. The van der Waals surface area contributed by atoms with Crippen molar-refractivity contribution in [2.24, 2.45) is 0 Å². The molecule has 2 heterocycles. The Morgan fingerprint density at radius 3 is 2.74 bits per heavy atom. The van der Waals surface area contributed by atoms with Crippen molar-refractivity contribution in [2.75, 3.05) is 6.54 Å². The van der Waals surface area contributed by atoms with Crippen LogP contribution in [0, 0.1) is 11.6 Å². The summed E-state index contributed by atoms with van der Waals surface area (Å²) in [6.45, 7) is 0.238. The second kappa shape index (κ2) is 5.98. The van der Waals surface area contributed by atoms with E-state index < -0.39 is 24.0 Å². The molecule has 0 N–H and O–H groups in total. The Bertz CT molecular complexity index is 746. The van der Waals surface area contributed by atoms with Crippen LogP contribution in [-0.2, 0) is 24.3 Å². The molecule has 1 aromatic carbocycles. The number of amides is 1. The van der Waals surface area contributed by atoms with E-state index in [1.807, 2.05) is 0 Å². The van der Waals surface area contributed by atoms with Gasteiger partial charge in [-0.3, -0.25) is 4.79 Å². The normalized spacial score (nSPS) is 14.2. The molecule has 0 saturated carbocycles. The van der Waals surface area contributed by atoms with Crippen LogP contribution in [0.15, 0.2) is 18.2 Å². The highest BCUT2D eigenvalue weighted by Crippen LogP contribution is 2.19. The number of carbonyl (C=O) groups excluding carboxylic acids is 1. The zero-order valence-electron chi connectivity index (χ0n) is 11.8. The molecular formula is C14H12F4N4O. The molecular weight excluding hydrogens is 316 g/mol. The molecule has 2 aromatic rings. The lowest BCUT2D eigenvalue weighted by molar-refractivity contribution is -0.144. The van der Waals surface area contributed by atoms with Crippen molar-refractivity contribution in [1.29, 1.82) is 0 Å². The highest BCUT2D eigenvalue weighted by atomic mass is 19.3. The van der Waals surface area contributed by atoms with Gasteiger partial charge in [0.2, 0.25) is 0 Å². The Hall–Kier alpha value is -2.45. The number of hydrogen-bond acceptors (Lipinski definition) is 3. The molecule has 1 amide bonds. The topological polar surface area (TPSA) is 51.0 Å². The fourth-order valence-corrected chi connectivity index (χ4v) is 2.53. The Morgan fingerprint density at radius 1 is 1.22 bits per heavy atom. The van der Waals surface area contributed by atoms with Gasteiger partial charge in [0.25, 0.3) is 5.91 Å². The predicted octanol–water partition coefficient (Wildman–Crippen LogP) is 1.75. The van der Waals surface area contributed by atoms with Gasteiger partial charge in [0.1, 0.15) is 5.82 Å². The van der Waals surface area contributed by atoms with Crippen molar-refractivity contribution in [3.8, 4) is 0 Å². The van der Waals surface area contributed by atoms with E-state index in [0.29, 0.717) is 11.6 Å². The molecule has 1 aliphatic heterocycles. The van der Waals surface area contributed by atoms with E-state index in [0.717, 1.165) is 11.0 Å². The lowest BCUT2D eigenvalue weighted by Crippen LogP contribution is -2.41. The first-order valence-electron chi connectivity index (χ1n) is 6.88. The van der Waals surface area contributed by atoms with Crippen LogP contribution >= 0.6 is 0 Å². The van der Waals surface area contributed by atoms with Crippen LogP contribution in [0.3, 0.4) is 0 Å². The van der Waals surface area contributed by atoms with Crippen LogP contribution in [-0.4, -0.2) is 38.5 Å². The Morgan fingerprint density at radius 2 is 2.00 bits per heavy atom. The molecule has 0 bridgehead atoms. The summed E-state index contributed by atoms with van der Waals surface area (Å²) >= 11 is 0. The van der Waals surface area contributed by atoms with Gasteiger partial charge in [-0.1, -0.05) is 12.1 Å². The summed E-state index contributed by atoms with van der Waals surface area (Å²) in [5.74, 6) is -2.41. The number of nitrogens with zero attached hydrogens (tertiary/aromatic N) is 4. The standard InChI is InChI=1S/C14H12F4N4O/c15-9-3-1-2-8(12(9)16)6-10-19-20-11-7-21(4-5-22(10)11)14(23)13(17)18/h1-3,13H,4-7H2. The van der Waals surface area contributed by atoms with Crippen molar-refractivity contribution >= 4 is 5.91 Å². The minimum atomic E-state index is -3.06. The number of fused-ring (bicyclic) bond motifs is 1. The van der Waals surface area contributed by atoms with E-state index in [4.69, 9.17) is 0 Å². The SMILES string of the molecule is O=C(C(F)F)N1CCn2c(Cc3cccc(F)c3F)nnc2C1. The zero-order chi connectivity index (χ0) is 16.6. The quantitative estimate of drug-likeness (QED) is 0.807. The minimum Gasteiger partial charge on any atom is -0.328 e. The fraction of sp³-hybridized carbons (Fsp3) is 0.357. The Labute approximate surface area is 128 Å². The minimum absolute atomic E-state index is 0.0272. The molecule has 0 spiro atoms. The molecule has 0 unspecified atom stereocenters. The second-order valence-corrected chi connectivity index (χ2v) is 5.13. The number of rotatable bonds is 3. The van der Waals surface area contributed by atoms with Crippen LogP contribution in [0.4, 0.5) is 17.6 Å². The number of halogens is 4. The molecule has 1 aromatic heterocycles. The summed E-state index contributed by atoms with van der Waals surface area (Å²) in [7, 11) is 0. The van der Waals surface area contributed by atoms with Gasteiger partial charge >= 0.3 is 6.43 Å². The maximum absolute atomic E-state index is 13.7. The van der Waals surface area contributed by atoms with E-state index in [1.54, 1.807) is 4.57 Å². The predicted molar refractivity (Wildman–Crippen MR) is 70.6 cm³/mol. The van der Waals surface area contributed by atoms with E-state index in [1.165, 1.54) is 12.1 Å². The van der Waals surface area contributed by atoms with Gasteiger partial charge in [0.05, 0.1) is 6.54 Å². The molecule has 0 atom stereocenters. The monoisotopic (exact) mass is 328 g/mol. The molecule has 9 heteroatoms. The van der Waals surface area contributed by atoms with Crippen molar-refractivity contribution in [2.45, 2.75) is 25.9 Å². The van der Waals surface area contributed by atoms with Crippen molar-refractivity contribution in [3.63, 3.8) is 0 Å². The van der Waals surface area contributed by atoms with Gasteiger partial charge in [-0.2, -0.15) is 8.78 Å². The third kappa shape index (κ3) is 2.90. The maximum Gasteiger partial charge on any atom is 0.315 e. The van der Waals surface area contributed by atoms with Crippen LogP contribution < -0.4 is 0 Å². The molecule has 0 aliphatic carbocycles. The van der Waals surface area contributed by atoms with E-state index >= 15 is 0 Å². The summed E-state index contributed by atoms with van der Waals surface area (Å²) in [6.07, 6.45) is -3.04. The first kappa shape index (κ1) is 15.4.